The number of unbranched alkanes of at least 4 members (excludes halogenated alkanes) is 6. The van der Waals surface area contributed by atoms with Crippen LogP contribution in [-0.4, -0.2) is 0 Å². The highest BCUT2D eigenvalue weighted by Crippen LogP contribution is 2.56. The molecule has 0 fully saturated rings. The van der Waals surface area contributed by atoms with E-state index in [9.17, 15) is 0 Å². The topological polar surface area (TPSA) is 0 Å². The van der Waals surface area contributed by atoms with Gasteiger partial charge in [-0.15, -0.1) is 0 Å². The largest absolute Gasteiger partial charge is 0.0654 e. The number of fused-ring (bicyclic) bond motifs is 3. The fourth-order valence-corrected chi connectivity index (χ4v) is 8.58. The first-order valence-corrected chi connectivity index (χ1v) is 19.6. The third kappa shape index (κ3) is 7.38. The van der Waals surface area contributed by atoms with Gasteiger partial charge < -0.3 is 0 Å². The van der Waals surface area contributed by atoms with Crippen LogP contribution in [-0.2, 0) is 5.41 Å². The Morgan fingerprint density at radius 2 is 0.706 bits per heavy atom. The van der Waals surface area contributed by atoms with Crippen LogP contribution in [0.5, 0.6) is 0 Å². The third-order valence-corrected chi connectivity index (χ3v) is 11.4. The van der Waals surface area contributed by atoms with E-state index < -0.39 is 0 Å². The maximum Gasteiger partial charge on any atom is 0.0215 e. The summed E-state index contributed by atoms with van der Waals surface area (Å²) in [5, 5.41) is 0. The first-order valence-electron chi connectivity index (χ1n) is 19.6. The lowest BCUT2D eigenvalue weighted by Crippen LogP contribution is -2.25. The predicted octanol–water partition coefficient (Wildman–Crippen LogP) is 15.2. The molecule has 0 bridgehead atoms. The Bertz CT molecular complexity index is 1920. The van der Waals surface area contributed by atoms with Crippen molar-refractivity contribution in [1.82, 2.24) is 0 Å². The van der Waals surface area contributed by atoms with Crippen LogP contribution < -0.4 is 0 Å². The second-order valence-electron chi connectivity index (χ2n) is 15.1. The van der Waals surface area contributed by atoms with Crippen LogP contribution in [0, 0.1) is 13.8 Å². The molecule has 1 aliphatic rings. The molecule has 7 rings (SSSR count). The Morgan fingerprint density at radius 3 is 1.06 bits per heavy atom. The van der Waals surface area contributed by atoms with Crippen molar-refractivity contribution in [2.75, 3.05) is 0 Å². The van der Waals surface area contributed by atoms with E-state index in [4.69, 9.17) is 0 Å². The second kappa shape index (κ2) is 15.7. The van der Waals surface area contributed by atoms with Gasteiger partial charge in [0.2, 0.25) is 0 Å². The van der Waals surface area contributed by atoms with Gasteiger partial charge in [-0.25, -0.2) is 0 Å². The zero-order valence-electron chi connectivity index (χ0n) is 31.3. The van der Waals surface area contributed by atoms with Gasteiger partial charge in [0.15, 0.2) is 0 Å². The summed E-state index contributed by atoms with van der Waals surface area (Å²) in [5.74, 6) is 0. The van der Waals surface area contributed by atoms with E-state index >= 15 is 0 Å². The van der Waals surface area contributed by atoms with Crippen LogP contribution in [0.15, 0.2) is 133 Å². The number of hydrogen-bond acceptors (Lipinski definition) is 0. The van der Waals surface area contributed by atoms with Crippen molar-refractivity contribution in [2.24, 2.45) is 0 Å². The molecule has 0 amide bonds. The Balaban J connectivity index is 1.29. The molecule has 0 saturated carbocycles. The maximum absolute atomic E-state index is 2.58. The van der Waals surface area contributed by atoms with E-state index in [0.29, 0.717) is 0 Å². The van der Waals surface area contributed by atoms with Crippen LogP contribution in [0.4, 0.5) is 0 Å². The van der Waals surface area contributed by atoms with Crippen molar-refractivity contribution >= 4 is 0 Å². The van der Waals surface area contributed by atoms with E-state index in [-0.39, 0.29) is 5.41 Å². The first-order chi connectivity index (χ1) is 25.0. The molecule has 0 saturated heterocycles. The highest BCUT2D eigenvalue weighted by molar-refractivity contribution is 5.86. The normalized spacial score (nSPS) is 12.9. The predicted molar refractivity (Wildman–Crippen MR) is 221 cm³/mol. The molecule has 6 aromatic rings. The zero-order chi connectivity index (χ0) is 35.2. The summed E-state index contributed by atoms with van der Waals surface area (Å²) in [6.07, 6.45) is 12.7. The van der Waals surface area contributed by atoms with Crippen molar-refractivity contribution in [2.45, 2.75) is 97.3 Å². The molecule has 0 heterocycles. The molecule has 0 aliphatic heterocycles. The van der Waals surface area contributed by atoms with Crippen molar-refractivity contribution in [3.63, 3.8) is 0 Å². The Morgan fingerprint density at radius 1 is 0.353 bits per heavy atom. The average Bonchev–Trinajstić information content (AvgIpc) is 3.43. The third-order valence-electron chi connectivity index (χ3n) is 11.4. The molecule has 0 spiro atoms. The summed E-state index contributed by atoms with van der Waals surface area (Å²) in [5.41, 5.74) is 19.0. The molecular weight excluding hydrogens is 613 g/mol. The molecule has 0 aromatic heterocycles. The number of aryl methyl sites for hydroxylation is 2. The van der Waals surface area contributed by atoms with Gasteiger partial charge in [-0.2, -0.15) is 0 Å². The molecule has 6 aromatic carbocycles. The molecule has 0 unspecified atom stereocenters. The van der Waals surface area contributed by atoms with Gasteiger partial charge in [-0.1, -0.05) is 198 Å². The van der Waals surface area contributed by atoms with Crippen molar-refractivity contribution in [3.8, 4) is 55.6 Å². The Kier molecular flexibility index (Phi) is 10.7. The van der Waals surface area contributed by atoms with Crippen LogP contribution >= 0.6 is 0 Å². The van der Waals surface area contributed by atoms with Crippen LogP contribution in [0.3, 0.4) is 0 Å². The quantitative estimate of drug-likeness (QED) is 0.102. The van der Waals surface area contributed by atoms with Crippen LogP contribution in [0.1, 0.15) is 100 Å². The van der Waals surface area contributed by atoms with Gasteiger partial charge in [0.25, 0.3) is 0 Å². The summed E-state index contributed by atoms with van der Waals surface area (Å²) in [6, 6.07) is 50.9. The molecule has 0 nitrogen and oxygen atoms in total. The Labute approximate surface area is 307 Å². The zero-order valence-corrected chi connectivity index (χ0v) is 31.3. The van der Waals surface area contributed by atoms with Crippen LogP contribution in [0.25, 0.3) is 55.6 Å². The number of rotatable bonds is 14. The first kappa shape index (κ1) is 34.8. The molecule has 0 atom stereocenters. The highest BCUT2D eigenvalue weighted by atomic mass is 14.5. The molecule has 0 heteroatoms. The van der Waals surface area contributed by atoms with Crippen LogP contribution in [0.2, 0.25) is 0 Å². The number of hydrogen-bond donors (Lipinski definition) is 0. The lowest BCUT2D eigenvalue weighted by atomic mass is 9.70. The summed E-state index contributed by atoms with van der Waals surface area (Å²) in [6.45, 7) is 8.99. The highest BCUT2D eigenvalue weighted by Gasteiger charge is 2.42. The van der Waals surface area contributed by atoms with Gasteiger partial charge in [-0.3, -0.25) is 0 Å². The minimum atomic E-state index is 0.0290. The molecule has 258 valence electrons. The fraction of sp³-hybridized carbons (Fsp3) is 0.294. The summed E-state index contributed by atoms with van der Waals surface area (Å²) in [7, 11) is 0. The molecule has 1 aliphatic carbocycles. The van der Waals surface area contributed by atoms with E-state index in [0.717, 1.165) is 0 Å². The van der Waals surface area contributed by atoms with E-state index in [2.05, 4.69) is 161 Å². The van der Waals surface area contributed by atoms with Crippen molar-refractivity contribution in [1.29, 1.82) is 0 Å². The minimum absolute atomic E-state index is 0.0290. The van der Waals surface area contributed by atoms with Crippen molar-refractivity contribution in [3.05, 3.63) is 156 Å². The average molecular weight is 667 g/mol. The molecular formula is C51H54. The molecule has 0 radical (unpaired) electrons. The van der Waals surface area contributed by atoms with Gasteiger partial charge in [0.1, 0.15) is 0 Å². The summed E-state index contributed by atoms with van der Waals surface area (Å²) in [4.78, 5) is 0. The smallest absolute Gasteiger partial charge is 0.0215 e. The van der Waals surface area contributed by atoms with Crippen molar-refractivity contribution < 1.29 is 0 Å². The van der Waals surface area contributed by atoms with E-state index in [1.807, 2.05) is 0 Å². The van der Waals surface area contributed by atoms with E-state index in [1.54, 1.807) is 11.1 Å². The minimum Gasteiger partial charge on any atom is -0.0654 e. The van der Waals surface area contributed by atoms with E-state index in [1.165, 1.54) is 131 Å². The number of benzene rings is 6. The van der Waals surface area contributed by atoms with Gasteiger partial charge in [-0.05, 0) is 106 Å². The molecule has 51 heavy (non-hydrogen) atoms. The van der Waals surface area contributed by atoms with Gasteiger partial charge in [0, 0.05) is 5.41 Å². The molecule has 0 N–H and O–H groups in total. The summed E-state index contributed by atoms with van der Waals surface area (Å²) >= 11 is 0. The van der Waals surface area contributed by atoms with Gasteiger partial charge in [0.05, 0.1) is 0 Å². The lowest BCUT2D eigenvalue weighted by Gasteiger charge is -2.33. The van der Waals surface area contributed by atoms with Gasteiger partial charge >= 0.3 is 0 Å². The fourth-order valence-electron chi connectivity index (χ4n) is 8.58. The second-order valence-corrected chi connectivity index (χ2v) is 15.1. The lowest BCUT2D eigenvalue weighted by molar-refractivity contribution is 0.401. The maximum atomic E-state index is 2.58. The Hall–Kier alpha value is -4.68. The SMILES string of the molecule is CCCCCCC1(CCCCCC)c2cc(-c3ccc(-c4cccc(C)c4)cc3)ccc2-c2ccc(-c3ccc(-c4cccc(C)c4)cc3)cc21. The standard InChI is InChI=1S/C51H54/c1-5-7-9-11-31-51(32-12-10-8-6-2)49-35-45(41-23-19-39(20-24-41)43-17-13-15-37(3)33-43)27-29-47(49)48-30-28-46(36-50(48)51)42-25-21-40(22-26-42)44-18-14-16-38(4)34-44/h13-30,33-36H,5-12,31-32H2,1-4H3. The monoisotopic (exact) mass is 666 g/mol. The summed E-state index contributed by atoms with van der Waals surface area (Å²) < 4.78 is 0.